The number of aromatic amines is 1. The molecule has 11 heteroatoms. The van der Waals surface area contributed by atoms with E-state index in [1.165, 1.54) is 31.2 Å². The van der Waals surface area contributed by atoms with Crippen molar-refractivity contribution in [1.82, 2.24) is 29.7 Å². The van der Waals surface area contributed by atoms with Gasteiger partial charge in [-0.25, -0.2) is 14.8 Å². The summed E-state index contributed by atoms with van der Waals surface area (Å²) in [4.78, 5) is 31.6. The predicted molar refractivity (Wildman–Crippen MR) is 165 cm³/mol. The number of anilines is 1. The highest BCUT2D eigenvalue weighted by Gasteiger charge is 2.34. The van der Waals surface area contributed by atoms with Crippen molar-refractivity contribution in [2.45, 2.75) is 58.2 Å². The van der Waals surface area contributed by atoms with Crippen LogP contribution in [-0.4, -0.2) is 48.9 Å². The van der Waals surface area contributed by atoms with Gasteiger partial charge >= 0.3 is 5.76 Å². The number of ether oxygens (including phenoxy) is 1. The molecule has 1 saturated heterocycles. The average Bonchev–Trinajstić information content (AvgIpc) is 3.61. The fraction of sp³-hybridized carbons (Fsp3) is 0.406. The first kappa shape index (κ1) is 27.8. The molecule has 2 aliphatic rings. The van der Waals surface area contributed by atoms with Gasteiger partial charge in [-0.15, -0.1) is 0 Å². The van der Waals surface area contributed by atoms with E-state index >= 15 is 0 Å². The SMILES string of the molecule is CC1CCC(Cn2c(N3C[C@H](C)OC[C@H]3c3ccccc3)nc3cc(-c4noc(=O)[nH]4)nc(-c4cncc(Cl)c4)c32)CC1. The number of aromatic nitrogens is 6. The van der Waals surface area contributed by atoms with Gasteiger partial charge in [-0.2, -0.15) is 0 Å². The Labute approximate surface area is 254 Å². The molecule has 1 saturated carbocycles. The maximum atomic E-state index is 11.9. The van der Waals surface area contributed by atoms with Crippen molar-refractivity contribution in [3.05, 3.63) is 76.0 Å². The van der Waals surface area contributed by atoms with Gasteiger partial charge in [0.15, 0.2) is 0 Å². The number of H-pyrrole nitrogens is 1. The average molecular weight is 600 g/mol. The van der Waals surface area contributed by atoms with E-state index in [4.69, 9.17) is 30.8 Å². The van der Waals surface area contributed by atoms with Crippen LogP contribution in [0.4, 0.5) is 5.95 Å². The van der Waals surface area contributed by atoms with Gasteiger partial charge in [0.25, 0.3) is 0 Å². The quantitative estimate of drug-likeness (QED) is 0.242. The van der Waals surface area contributed by atoms with Crippen LogP contribution in [0.2, 0.25) is 5.02 Å². The predicted octanol–water partition coefficient (Wildman–Crippen LogP) is 6.28. The molecule has 2 atom stereocenters. The molecule has 0 spiro atoms. The highest BCUT2D eigenvalue weighted by atomic mass is 35.5. The number of rotatable bonds is 6. The fourth-order valence-electron chi connectivity index (χ4n) is 6.49. The lowest BCUT2D eigenvalue weighted by molar-refractivity contribution is 0.0293. The number of hydrogen-bond acceptors (Lipinski definition) is 8. The summed E-state index contributed by atoms with van der Waals surface area (Å²) >= 11 is 6.44. The molecule has 5 aromatic rings. The lowest BCUT2D eigenvalue weighted by Gasteiger charge is -2.40. The monoisotopic (exact) mass is 599 g/mol. The summed E-state index contributed by atoms with van der Waals surface area (Å²) in [6.07, 6.45) is 8.18. The molecule has 5 heterocycles. The van der Waals surface area contributed by atoms with Crippen molar-refractivity contribution >= 4 is 28.6 Å². The van der Waals surface area contributed by atoms with Crippen LogP contribution >= 0.6 is 11.6 Å². The third-order valence-electron chi connectivity index (χ3n) is 8.75. The number of imidazole rings is 1. The molecule has 222 valence electrons. The largest absolute Gasteiger partial charge is 0.439 e. The standard InChI is InChI=1S/C32H34ClN7O3/c1-19-8-10-21(11-9-19)17-40-29-25(36-31(40)39-16-20(2)42-18-27(39)22-6-4-3-5-7-22)13-26(30-37-32(41)43-38-30)35-28(29)23-12-24(33)15-34-14-23/h3-7,12-15,19-21,27H,8-11,16-18H2,1-2H3,(H,37,38,41)/t19?,20-,21?,27-/m0/s1. The van der Waals surface area contributed by atoms with Crippen LogP contribution in [0.15, 0.2) is 64.2 Å². The highest BCUT2D eigenvalue weighted by molar-refractivity contribution is 6.30. The molecule has 1 aliphatic heterocycles. The van der Waals surface area contributed by atoms with E-state index < -0.39 is 5.76 Å². The molecule has 1 aromatic carbocycles. The number of hydrogen-bond donors (Lipinski definition) is 1. The Hall–Kier alpha value is -4.02. The minimum Gasteiger partial charge on any atom is -0.374 e. The van der Waals surface area contributed by atoms with Crippen LogP contribution in [-0.2, 0) is 11.3 Å². The van der Waals surface area contributed by atoms with E-state index in [1.54, 1.807) is 12.4 Å². The normalized spacial score (nSPS) is 22.7. The van der Waals surface area contributed by atoms with Gasteiger partial charge < -0.3 is 14.2 Å². The van der Waals surface area contributed by atoms with Crippen molar-refractivity contribution in [3.8, 4) is 22.8 Å². The topological polar surface area (TPSA) is 115 Å². The smallest absolute Gasteiger partial charge is 0.374 e. The first-order valence-corrected chi connectivity index (χ1v) is 15.3. The molecule has 0 amide bonds. The molecule has 43 heavy (non-hydrogen) atoms. The summed E-state index contributed by atoms with van der Waals surface area (Å²) in [5.41, 5.74) is 4.70. The highest BCUT2D eigenvalue weighted by Crippen LogP contribution is 2.39. The number of fused-ring (bicyclic) bond motifs is 1. The molecule has 10 nitrogen and oxygen atoms in total. The van der Waals surface area contributed by atoms with E-state index in [1.807, 2.05) is 18.2 Å². The van der Waals surface area contributed by atoms with Gasteiger partial charge in [0, 0.05) is 31.0 Å². The Bertz CT molecular complexity index is 1790. The van der Waals surface area contributed by atoms with Gasteiger partial charge in [-0.3, -0.25) is 14.5 Å². The Morgan fingerprint density at radius 1 is 1.05 bits per heavy atom. The van der Waals surface area contributed by atoms with Crippen LogP contribution in [0.25, 0.3) is 33.8 Å². The minimum absolute atomic E-state index is 0.00467. The number of benzene rings is 1. The van der Waals surface area contributed by atoms with Crippen molar-refractivity contribution in [2.75, 3.05) is 18.1 Å². The van der Waals surface area contributed by atoms with Gasteiger partial charge in [0.2, 0.25) is 11.8 Å². The summed E-state index contributed by atoms with van der Waals surface area (Å²) in [5, 5.41) is 4.42. The second-order valence-corrected chi connectivity index (χ2v) is 12.4. The third kappa shape index (κ3) is 5.57. The molecule has 2 fully saturated rings. The number of nitrogens with one attached hydrogen (secondary N) is 1. The van der Waals surface area contributed by atoms with E-state index in [-0.39, 0.29) is 18.0 Å². The molecule has 7 rings (SSSR count). The van der Waals surface area contributed by atoms with Gasteiger partial charge in [0.05, 0.1) is 40.5 Å². The van der Waals surface area contributed by atoms with E-state index in [0.717, 1.165) is 35.0 Å². The van der Waals surface area contributed by atoms with Crippen LogP contribution < -0.4 is 10.7 Å². The van der Waals surface area contributed by atoms with Crippen LogP contribution in [0.5, 0.6) is 0 Å². The molecule has 0 unspecified atom stereocenters. The van der Waals surface area contributed by atoms with Gasteiger partial charge in [-0.05, 0) is 49.3 Å². The molecular formula is C32H34ClN7O3. The van der Waals surface area contributed by atoms with Crippen molar-refractivity contribution in [3.63, 3.8) is 0 Å². The number of morpholine rings is 1. The van der Waals surface area contributed by atoms with E-state index in [0.29, 0.717) is 35.5 Å². The van der Waals surface area contributed by atoms with Crippen molar-refractivity contribution in [1.29, 1.82) is 0 Å². The first-order valence-electron chi connectivity index (χ1n) is 14.9. The summed E-state index contributed by atoms with van der Waals surface area (Å²) in [7, 11) is 0. The molecule has 0 bridgehead atoms. The Morgan fingerprint density at radius 2 is 1.86 bits per heavy atom. The summed E-state index contributed by atoms with van der Waals surface area (Å²) in [6.45, 7) is 6.51. The van der Waals surface area contributed by atoms with Gasteiger partial charge in [-0.1, -0.05) is 66.9 Å². The number of halogens is 1. The molecule has 4 aromatic heterocycles. The third-order valence-corrected chi connectivity index (χ3v) is 8.96. The molecule has 1 aliphatic carbocycles. The maximum absolute atomic E-state index is 11.9. The van der Waals surface area contributed by atoms with Gasteiger partial charge in [0.1, 0.15) is 5.69 Å². The lowest BCUT2D eigenvalue weighted by Crippen LogP contribution is -2.45. The Morgan fingerprint density at radius 3 is 2.60 bits per heavy atom. The number of nitrogens with zero attached hydrogens (tertiary/aromatic N) is 6. The maximum Gasteiger partial charge on any atom is 0.439 e. The Balaban J connectivity index is 1.46. The van der Waals surface area contributed by atoms with E-state index in [9.17, 15) is 4.79 Å². The Kier molecular flexibility index (Phi) is 7.48. The summed E-state index contributed by atoms with van der Waals surface area (Å²) in [6, 6.07) is 14.2. The van der Waals surface area contributed by atoms with E-state index in [2.05, 4.69) is 62.7 Å². The van der Waals surface area contributed by atoms with Crippen LogP contribution in [0.1, 0.15) is 51.1 Å². The number of pyridine rings is 2. The van der Waals surface area contributed by atoms with Crippen molar-refractivity contribution in [2.24, 2.45) is 11.8 Å². The second kappa shape index (κ2) is 11.6. The second-order valence-electron chi connectivity index (χ2n) is 11.9. The lowest BCUT2D eigenvalue weighted by atomic mass is 9.83. The molecular weight excluding hydrogens is 566 g/mol. The van der Waals surface area contributed by atoms with Crippen LogP contribution in [0.3, 0.4) is 0 Å². The summed E-state index contributed by atoms with van der Waals surface area (Å²) < 4.78 is 13.4. The van der Waals surface area contributed by atoms with Crippen molar-refractivity contribution < 1.29 is 9.26 Å². The zero-order valence-electron chi connectivity index (χ0n) is 24.2. The zero-order valence-corrected chi connectivity index (χ0v) is 25.0. The fourth-order valence-corrected chi connectivity index (χ4v) is 6.66. The summed E-state index contributed by atoms with van der Waals surface area (Å²) in [5.74, 6) is 1.73. The molecule has 0 radical (unpaired) electrons. The zero-order chi connectivity index (χ0) is 29.5. The van der Waals surface area contributed by atoms with Crippen LogP contribution in [0, 0.1) is 11.8 Å². The molecule has 1 N–H and O–H groups in total. The first-order chi connectivity index (χ1) is 20.9. The minimum atomic E-state index is -0.645.